The first-order chi connectivity index (χ1) is 32.2. The molecule has 0 fully saturated rings. The Hall–Kier alpha value is -7.57. The summed E-state index contributed by atoms with van der Waals surface area (Å²) in [5.41, 5.74) is 13.2. The van der Waals surface area contributed by atoms with Crippen molar-refractivity contribution >= 4 is 79.2 Å². The quantitative estimate of drug-likeness (QED) is 0.117. The Kier molecular flexibility index (Phi) is 8.93. The maximum atomic E-state index is 6.85. The molecule has 10 aromatic carbocycles. The summed E-state index contributed by atoms with van der Waals surface area (Å²) in [6.45, 7) is 0. The van der Waals surface area contributed by atoms with Gasteiger partial charge in [-0.15, -0.1) is 0 Å². The number of rotatable bonds is 7. The van der Waals surface area contributed by atoms with Gasteiger partial charge in [0.05, 0.1) is 11.0 Å². The minimum absolute atomic E-state index is 0.103. The molecule has 3 heterocycles. The van der Waals surface area contributed by atoms with Crippen molar-refractivity contribution < 1.29 is 4.74 Å². The standard InChI is InChI=1S/C60H40BNOSSi/c1-4-21-46(22-5-1)65(47-23-6-2-7-24-47,48-25-8-3-9-26-48)49-27-17-19-42(37-49)43-34-35-52-53-38-44(39-58-60(53)61(64-59(52)40-43)54-30-12-15-33-57(54)63-58)41-18-16-20-45(36-41)62-55-31-13-10-28-50(55)51-29-11-14-32-56(51)62/h1-40H. The number of para-hydroxylation sites is 3. The van der Waals surface area contributed by atoms with Gasteiger partial charge in [0.15, 0.2) is 8.07 Å². The molecule has 0 radical (unpaired) electrons. The lowest BCUT2D eigenvalue weighted by molar-refractivity contribution is 0.488. The normalized spacial score (nSPS) is 12.6. The average molecular weight is 862 g/mol. The van der Waals surface area contributed by atoms with Crippen LogP contribution in [0.2, 0.25) is 0 Å². The minimum Gasteiger partial charge on any atom is -0.458 e. The summed E-state index contributed by atoms with van der Waals surface area (Å²) in [5.74, 6) is 1.96. The van der Waals surface area contributed by atoms with Gasteiger partial charge in [-0.25, -0.2) is 0 Å². The van der Waals surface area contributed by atoms with Crippen LogP contribution in [-0.2, 0) is 0 Å². The summed E-state index contributed by atoms with van der Waals surface area (Å²) >= 11 is 1.95. The monoisotopic (exact) mass is 861 g/mol. The van der Waals surface area contributed by atoms with Crippen LogP contribution in [0.15, 0.2) is 248 Å². The van der Waals surface area contributed by atoms with Crippen LogP contribution in [0, 0.1) is 0 Å². The van der Waals surface area contributed by atoms with E-state index in [0.29, 0.717) is 0 Å². The molecule has 0 bridgehead atoms. The van der Waals surface area contributed by atoms with E-state index in [-0.39, 0.29) is 5.99 Å². The molecular weight excluding hydrogens is 822 g/mol. The van der Waals surface area contributed by atoms with E-state index in [9.17, 15) is 0 Å². The van der Waals surface area contributed by atoms with Gasteiger partial charge in [-0.1, -0.05) is 194 Å². The highest BCUT2D eigenvalue weighted by molar-refractivity contribution is 8.28. The highest BCUT2D eigenvalue weighted by Crippen LogP contribution is 2.46. The van der Waals surface area contributed by atoms with Crippen LogP contribution in [0.3, 0.4) is 0 Å². The molecule has 2 aliphatic rings. The first kappa shape index (κ1) is 37.9. The maximum absolute atomic E-state index is 6.85. The largest absolute Gasteiger partial charge is 0.458 e. The Bertz CT molecular complexity index is 3480. The molecule has 2 aliphatic heterocycles. The van der Waals surface area contributed by atoms with Gasteiger partial charge >= 0.3 is 0 Å². The van der Waals surface area contributed by atoms with Crippen LogP contribution in [0.5, 0.6) is 11.5 Å². The molecule has 0 saturated carbocycles. The molecule has 0 saturated heterocycles. The molecule has 65 heavy (non-hydrogen) atoms. The summed E-state index contributed by atoms with van der Waals surface area (Å²) in [4.78, 5) is 1.28. The van der Waals surface area contributed by atoms with Crippen LogP contribution in [0.4, 0.5) is 0 Å². The molecule has 304 valence electrons. The molecule has 0 amide bonds. The second-order valence-corrected chi connectivity index (χ2v) is 22.1. The van der Waals surface area contributed by atoms with Crippen molar-refractivity contribution in [3.8, 4) is 50.6 Å². The Labute approximate surface area is 384 Å². The molecule has 0 unspecified atom stereocenters. The van der Waals surface area contributed by atoms with Crippen molar-refractivity contribution in [1.29, 1.82) is 0 Å². The van der Waals surface area contributed by atoms with E-state index in [1.807, 2.05) is 11.6 Å². The Balaban J connectivity index is 0.962. The predicted octanol–water partition coefficient (Wildman–Crippen LogP) is 11.5. The van der Waals surface area contributed by atoms with Crippen molar-refractivity contribution in [3.63, 3.8) is 0 Å². The first-order valence-corrected chi connectivity index (χ1v) is 25.2. The third-order valence-corrected chi connectivity index (χ3v) is 19.7. The molecule has 0 N–H and O–H groups in total. The van der Waals surface area contributed by atoms with Crippen molar-refractivity contribution in [3.05, 3.63) is 243 Å². The maximum Gasteiger partial charge on any atom is 0.289 e. The fourth-order valence-electron chi connectivity index (χ4n) is 10.7. The van der Waals surface area contributed by atoms with Crippen LogP contribution in [0.1, 0.15) is 0 Å². The van der Waals surface area contributed by atoms with Gasteiger partial charge in [-0.3, -0.25) is 0 Å². The highest BCUT2D eigenvalue weighted by atomic mass is 32.2. The van der Waals surface area contributed by atoms with E-state index < -0.39 is 8.07 Å². The summed E-state index contributed by atoms with van der Waals surface area (Å²) in [7, 11) is -2.70. The number of hydrogen-bond donors (Lipinski definition) is 0. The smallest absolute Gasteiger partial charge is 0.289 e. The molecule has 5 heteroatoms. The van der Waals surface area contributed by atoms with E-state index in [2.05, 4.69) is 247 Å². The summed E-state index contributed by atoms with van der Waals surface area (Å²) < 4.78 is 9.25. The fraction of sp³-hybridized carbons (Fsp3) is 0. The fourth-order valence-corrected chi connectivity index (χ4v) is 17.0. The number of aromatic nitrogens is 1. The zero-order chi connectivity index (χ0) is 42.9. The summed E-state index contributed by atoms with van der Waals surface area (Å²) in [6, 6.07) is 89.7. The van der Waals surface area contributed by atoms with E-state index in [4.69, 9.17) is 4.74 Å². The minimum atomic E-state index is -2.70. The van der Waals surface area contributed by atoms with Crippen LogP contribution < -0.4 is 36.4 Å². The van der Waals surface area contributed by atoms with Crippen molar-refractivity contribution in [2.24, 2.45) is 0 Å². The molecule has 0 spiro atoms. The van der Waals surface area contributed by atoms with E-state index >= 15 is 0 Å². The Morgan fingerprint density at radius 1 is 0.385 bits per heavy atom. The first-order valence-electron chi connectivity index (χ1n) is 22.3. The number of nitrogens with zero attached hydrogens (tertiary/aromatic N) is 1. The van der Waals surface area contributed by atoms with E-state index in [0.717, 1.165) is 28.3 Å². The second kappa shape index (κ2) is 15.3. The van der Waals surface area contributed by atoms with Gasteiger partial charge < -0.3 is 9.30 Å². The number of fused-ring (bicyclic) bond motifs is 7. The van der Waals surface area contributed by atoms with Gasteiger partial charge in [0.1, 0.15) is 11.5 Å². The van der Waals surface area contributed by atoms with Crippen LogP contribution >= 0.6 is 11.6 Å². The highest BCUT2D eigenvalue weighted by Gasteiger charge is 2.42. The summed E-state index contributed by atoms with van der Waals surface area (Å²) in [5, 5.41) is 8.00. The van der Waals surface area contributed by atoms with Gasteiger partial charge in [-0.05, 0) is 114 Å². The predicted molar refractivity (Wildman–Crippen MR) is 278 cm³/mol. The lowest BCUT2D eigenvalue weighted by Gasteiger charge is -2.35. The van der Waals surface area contributed by atoms with Gasteiger partial charge in [0, 0.05) is 21.4 Å². The van der Waals surface area contributed by atoms with Crippen molar-refractivity contribution in [2.45, 2.75) is 4.90 Å². The average Bonchev–Trinajstić information content (AvgIpc) is 3.72. The number of ether oxygens (including phenoxy) is 1. The van der Waals surface area contributed by atoms with Gasteiger partial charge in [0.2, 0.25) is 0 Å². The molecule has 1 aromatic heterocycles. The van der Waals surface area contributed by atoms with Crippen molar-refractivity contribution in [2.75, 3.05) is 0 Å². The molecular formula is C60H40BNOSSi. The third-order valence-electron chi connectivity index (χ3n) is 13.6. The Morgan fingerprint density at radius 3 is 1.62 bits per heavy atom. The zero-order valence-electron chi connectivity index (χ0n) is 35.4. The molecule has 2 nitrogen and oxygen atoms in total. The Morgan fingerprint density at radius 2 is 0.938 bits per heavy atom. The molecule has 13 rings (SSSR count). The SMILES string of the molecule is c1ccc([Si](c2ccccc2)(c2ccccc2)c2cccc(-c3ccc4c(c3)SB3c5ccccc5Oc5cc(-c6cccc(-n7c8ccccc8c8ccccc87)c6)cc-4c53)c2)cc1. The van der Waals surface area contributed by atoms with Crippen LogP contribution in [0.25, 0.3) is 60.9 Å². The lowest BCUT2D eigenvalue weighted by Crippen LogP contribution is -2.74. The van der Waals surface area contributed by atoms with Gasteiger partial charge in [0.25, 0.3) is 5.99 Å². The molecule has 11 aromatic rings. The van der Waals surface area contributed by atoms with Crippen LogP contribution in [-0.4, -0.2) is 18.6 Å². The number of benzene rings is 10. The topological polar surface area (TPSA) is 14.2 Å². The molecule has 0 atom stereocenters. The lowest BCUT2D eigenvalue weighted by atomic mass is 9.57. The van der Waals surface area contributed by atoms with Crippen molar-refractivity contribution in [1.82, 2.24) is 4.57 Å². The van der Waals surface area contributed by atoms with E-state index in [1.165, 1.54) is 80.6 Å². The summed E-state index contributed by atoms with van der Waals surface area (Å²) in [6.07, 6.45) is 0. The second-order valence-electron chi connectivity index (χ2n) is 17.1. The number of hydrogen-bond acceptors (Lipinski definition) is 2. The zero-order valence-corrected chi connectivity index (χ0v) is 37.3. The third kappa shape index (κ3) is 6.04. The van der Waals surface area contributed by atoms with Gasteiger partial charge in [-0.2, -0.15) is 11.6 Å². The molecule has 0 aliphatic carbocycles. The van der Waals surface area contributed by atoms with E-state index in [1.54, 1.807) is 0 Å².